The van der Waals surface area contributed by atoms with E-state index in [-0.39, 0.29) is 11.3 Å². The zero-order valence-corrected chi connectivity index (χ0v) is 12.6. The third-order valence-electron chi connectivity index (χ3n) is 2.88. The molecule has 0 spiro atoms. The average molecular weight is 336 g/mol. The highest BCUT2D eigenvalue weighted by Crippen LogP contribution is 2.24. The molecule has 0 aliphatic carbocycles. The molecule has 1 aliphatic rings. The molecule has 1 fully saturated rings. The first-order chi connectivity index (χ1) is 11.1. The van der Waals surface area contributed by atoms with Gasteiger partial charge < -0.3 is 19.9 Å². The molecule has 1 aliphatic heterocycles. The number of ether oxygens (including phenoxy) is 2. The number of nitrogens with one attached hydrogen (secondary N) is 1. The Morgan fingerprint density at radius 2 is 1.83 bits per heavy atom. The molecule has 24 heavy (non-hydrogen) atoms. The van der Waals surface area contributed by atoms with Gasteiger partial charge >= 0.3 is 17.9 Å². The molecule has 0 amide bonds. The SMILES string of the molecule is CC1(C)OC(=O)C(=CNc2cc(C(=O)O)cc([N+](=O)[O-])c2)C(=O)O1. The van der Waals surface area contributed by atoms with Gasteiger partial charge in [-0.3, -0.25) is 10.1 Å². The van der Waals surface area contributed by atoms with E-state index in [1.54, 1.807) is 0 Å². The van der Waals surface area contributed by atoms with Gasteiger partial charge in [-0.1, -0.05) is 0 Å². The molecule has 0 radical (unpaired) electrons. The molecule has 10 nitrogen and oxygen atoms in total. The monoisotopic (exact) mass is 336 g/mol. The lowest BCUT2D eigenvalue weighted by Gasteiger charge is -2.29. The van der Waals surface area contributed by atoms with Crippen molar-refractivity contribution >= 4 is 29.3 Å². The number of esters is 2. The molecule has 1 heterocycles. The molecule has 0 atom stereocenters. The smallest absolute Gasteiger partial charge is 0.350 e. The lowest BCUT2D eigenvalue weighted by molar-refractivity contribution is -0.384. The predicted octanol–water partition coefficient (Wildman–Crippen LogP) is 1.42. The van der Waals surface area contributed by atoms with Crippen molar-refractivity contribution in [2.45, 2.75) is 19.6 Å². The van der Waals surface area contributed by atoms with E-state index < -0.39 is 39.9 Å². The average Bonchev–Trinajstić information content (AvgIpc) is 2.44. The van der Waals surface area contributed by atoms with Crippen LogP contribution < -0.4 is 5.32 Å². The maximum atomic E-state index is 11.8. The van der Waals surface area contributed by atoms with Gasteiger partial charge in [0.25, 0.3) is 11.5 Å². The molecule has 1 aromatic carbocycles. The summed E-state index contributed by atoms with van der Waals surface area (Å²) in [6.07, 6.45) is 0.935. The van der Waals surface area contributed by atoms with Crippen molar-refractivity contribution in [1.29, 1.82) is 0 Å². The number of carbonyl (C=O) groups excluding carboxylic acids is 2. The summed E-state index contributed by atoms with van der Waals surface area (Å²) >= 11 is 0. The largest absolute Gasteiger partial charge is 0.478 e. The maximum absolute atomic E-state index is 11.8. The summed E-state index contributed by atoms with van der Waals surface area (Å²) in [7, 11) is 0. The van der Waals surface area contributed by atoms with Crippen molar-refractivity contribution in [2.75, 3.05) is 5.32 Å². The Balaban J connectivity index is 2.31. The number of carboxylic acids is 1. The Morgan fingerprint density at radius 3 is 2.33 bits per heavy atom. The molecule has 10 heteroatoms. The number of nitro groups is 1. The lowest BCUT2D eigenvalue weighted by atomic mass is 10.1. The highest BCUT2D eigenvalue weighted by molar-refractivity contribution is 6.15. The van der Waals surface area contributed by atoms with Gasteiger partial charge in [0.1, 0.15) is 0 Å². The first-order valence-corrected chi connectivity index (χ1v) is 6.55. The first-order valence-electron chi connectivity index (χ1n) is 6.55. The second kappa shape index (κ2) is 5.99. The number of carboxylic acid groups (broad SMARTS) is 1. The van der Waals surface area contributed by atoms with Gasteiger partial charge in [0.15, 0.2) is 5.57 Å². The van der Waals surface area contributed by atoms with Crippen LogP contribution in [-0.2, 0) is 19.1 Å². The number of benzene rings is 1. The highest BCUT2D eigenvalue weighted by atomic mass is 16.7. The molecule has 0 unspecified atom stereocenters. The third-order valence-corrected chi connectivity index (χ3v) is 2.88. The number of aromatic carboxylic acids is 1. The van der Waals surface area contributed by atoms with E-state index in [4.69, 9.17) is 14.6 Å². The Morgan fingerprint density at radius 1 is 1.25 bits per heavy atom. The van der Waals surface area contributed by atoms with Gasteiger partial charge in [0.2, 0.25) is 0 Å². The van der Waals surface area contributed by atoms with E-state index in [1.807, 2.05) is 0 Å². The number of anilines is 1. The van der Waals surface area contributed by atoms with Crippen molar-refractivity contribution in [3.8, 4) is 0 Å². The number of cyclic esters (lactones) is 2. The van der Waals surface area contributed by atoms with Crippen LogP contribution in [0.25, 0.3) is 0 Å². The summed E-state index contributed by atoms with van der Waals surface area (Å²) in [6.45, 7) is 2.76. The fourth-order valence-electron chi connectivity index (χ4n) is 1.86. The van der Waals surface area contributed by atoms with Crippen LogP contribution in [0, 0.1) is 10.1 Å². The first kappa shape index (κ1) is 16.9. The number of rotatable bonds is 4. The Kier molecular flexibility index (Phi) is 4.22. The number of hydrogen-bond acceptors (Lipinski definition) is 8. The number of nitro benzene ring substituents is 1. The van der Waals surface area contributed by atoms with Crippen LogP contribution in [-0.4, -0.2) is 33.7 Å². The van der Waals surface area contributed by atoms with Crippen molar-refractivity contribution in [3.05, 3.63) is 45.6 Å². The maximum Gasteiger partial charge on any atom is 0.350 e. The van der Waals surface area contributed by atoms with E-state index in [0.717, 1.165) is 24.4 Å². The summed E-state index contributed by atoms with van der Waals surface area (Å²) in [5.41, 5.74) is -1.26. The molecular weight excluding hydrogens is 324 g/mol. The second-order valence-electron chi connectivity index (χ2n) is 5.21. The molecule has 2 N–H and O–H groups in total. The Bertz CT molecular complexity index is 727. The Hall–Kier alpha value is -3.43. The minimum atomic E-state index is -1.40. The Labute approximate surface area is 134 Å². The fraction of sp³-hybridized carbons (Fsp3) is 0.214. The van der Waals surface area contributed by atoms with Crippen LogP contribution in [0.1, 0.15) is 24.2 Å². The minimum absolute atomic E-state index is 0.000432. The highest BCUT2D eigenvalue weighted by Gasteiger charge is 2.38. The standard InChI is InChI=1S/C14H12N2O8/c1-14(2)23-12(19)10(13(20)24-14)6-15-8-3-7(11(17)18)4-9(5-8)16(21)22/h3-6,15H,1-2H3,(H,17,18). The number of nitrogens with zero attached hydrogens (tertiary/aromatic N) is 1. The van der Waals surface area contributed by atoms with Crippen LogP contribution in [0.2, 0.25) is 0 Å². The molecule has 2 rings (SSSR count). The van der Waals surface area contributed by atoms with Crippen LogP contribution in [0.3, 0.4) is 0 Å². The second-order valence-corrected chi connectivity index (χ2v) is 5.21. The number of carbonyl (C=O) groups is 3. The summed E-state index contributed by atoms with van der Waals surface area (Å²) in [5.74, 6) is -4.64. The molecule has 1 saturated heterocycles. The number of non-ortho nitro benzene ring substituents is 1. The normalized spacial score (nSPS) is 16.0. The summed E-state index contributed by atoms with van der Waals surface area (Å²) in [6, 6.07) is 3.04. The molecule has 0 aromatic heterocycles. The van der Waals surface area contributed by atoms with Crippen molar-refractivity contribution < 1.29 is 33.9 Å². The zero-order valence-electron chi connectivity index (χ0n) is 12.6. The molecule has 1 aromatic rings. The van der Waals surface area contributed by atoms with Gasteiger partial charge in [-0.05, 0) is 6.07 Å². The minimum Gasteiger partial charge on any atom is -0.478 e. The summed E-state index contributed by atoms with van der Waals surface area (Å²) in [5, 5.41) is 22.3. The van der Waals surface area contributed by atoms with Crippen LogP contribution in [0.5, 0.6) is 0 Å². The fourth-order valence-corrected chi connectivity index (χ4v) is 1.86. The van der Waals surface area contributed by atoms with Gasteiger partial charge in [-0.2, -0.15) is 0 Å². The summed E-state index contributed by atoms with van der Waals surface area (Å²) in [4.78, 5) is 44.6. The topological polar surface area (TPSA) is 145 Å². The van der Waals surface area contributed by atoms with Crippen molar-refractivity contribution in [2.24, 2.45) is 0 Å². The van der Waals surface area contributed by atoms with Gasteiger partial charge in [0.05, 0.1) is 10.5 Å². The molecule has 0 saturated carbocycles. The van der Waals surface area contributed by atoms with Gasteiger partial charge in [-0.25, -0.2) is 14.4 Å². The van der Waals surface area contributed by atoms with E-state index in [1.165, 1.54) is 13.8 Å². The van der Waals surface area contributed by atoms with E-state index in [0.29, 0.717) is 0 Å². The summed E-state index contributed by atoms with van der Waals surface area (Å²) < 4.78 is 9.75. The number of hydrogen-bond donors (Lipinski definition) is 2. The van der Waals surface area contributed by atoms with Crippen LogP contribution in [0.4, 0.5) is 11.4 Å². The molecule has 126 valence electrons. The zero-order chi connectivity index (χ0) is 18.1. The van der Waals surface area contributed by atoms with E-state index in [9.17, 15) is 24.5 Å². The van der Waals surface area contributed by atoms with Crippen molar-refractivity contribution in [3.63, 3.8) is 0 Å². The lowest BCUT2D eigenvalue weighted by Crippen LogP contribution is -2.42. The van der Waals surface area contributed by atoms with Crippen molar-refractivity contribution in [1.82, 2.24) is 0 Å². The third kappa shape index (κ3) is 3.66. The molecule has 0 bridgehead atoms. The predicted molar refractivity (Wildman–Crippen MR) is 78.0 cm³/mol. The van der Waals surface area contributed by atoms with E-state index >= 15 is 0 Å². The van der Waals surface area contributed by atoms with Crippen LogP contribution in [0.15, 0.2) is 30.0 Å². The quantitative estimate of drug-likeness (QED) is 0.274. The van der Waals surface area contributed by atoms with E-state index in [2.05, 4.69) is 5.32 Å². The van der Waals surface area contributed by atoms with Gasteiger partial charge in [-0.15, -0.1) is 0 Å². The molecular formula is C14H12N2O8. The van der Waals surface area contributed by atoms with Crippen LogP contribution >= 0.6 is 0 Å². The van der Waals surface area contributed by atoms with Gasteiger partial charge in [0, 0.05) is 37.9 Å².